The summed E-state index contributed by atoms with van der Waals surface area (Å²) in [6.07, 6.45) is 2.47. The van der Waals surface area contributed by atoms with Crippen molar-refractivity contribution in [1.29, 1.82) is 0 Å². The predicted molar refractivity (Wildman–Crippen MR) is 78.1 cm³/mol. The average molecular weight is 268 g/mol. The van der Waals surface area contributed by atoms with Crippen LogP contribution in [0.4, 0.5) is 4.79 Å². The highest BCUT2D eigenvalue weighted by molar-refractivity contribution is 5.68. The summed E-state index contributed by atoms with van der Waals surface area (Å²) >= 11 is 0. The summed E-state index contributed by atoms with van der Waals surface area (Å²) in [7, 11) is 0. The zero-order chi connectivity index (χ0) is 14.4. The highest BCUT2D eigenvalue weighted by Crippen LogP contribution is 2.19. The second kappa shape index (κ2) is 7.53. The summed E-state index contributed by atoms with van der Waals surface area (Å²) in [5, 5.41) is 3.55. The van der Waals surface area contributed by atoms with Crippen LogP contribution in [0.3, 0.4) is 0 Å². The molecule has 1 heterocycles. The largest absolute Gasteiger partial charge is 0.445 e. The first-order chi connectivity index (χ1) is 8.95. The van der Waals surface area contributed by atoms with Gasteiger partial charge in [-0.3, -0.25) is 0 Å². The summed E-state index contributed by atoms with van der Waals surface area (Å²) < 4.78 is 5.21. The lowest BCUT2D eigenvalue weighted by molar-refractivity contribution is 0.0587. The van der Waals surface area contributed by atoms with Crippen LogP contribution in [0, 0.1) is 11.8 Å². The number of hydrogen-bond donors (Lipinski definition) is 1. The van der Waals surface area contributed by atoms with Crippen molar-refractivity contribution < 1.29 is 9.53 Å². The Bertz CT molecular complexity index is 303. The van der Waals surface area contributed by atoms with E-state index < -0.39 is 0 Å². The maximum Gasteiger partial charge on any atom is 0.410 e. The molecule has 1 aliphatic heterocycles. The molecule has 0 aromatic heterocycles. The second-order valence-electron chi connectivity index (χ2n) is 6.06. The molecule has 0 aromatic rings. The standard InChI is InChI=1S/C15H28N2O2/c1-6-7-19-15(18)17-10-13(8-11(2)3)16-9-14(17)12(4)5/h6,11-14,16H,1,7-10H2,2-5H3. The summed E-state index contributed by atoms with van der Waals surface area (Å²) in [5.41, 5.74) is 0. The van der Waals surface area contributed by atoms with E-state index >= 15 is 0 Å². The van der Waals surface area contributed by atoms with Crippen LogP contribution < -0.4 is 5.32 Å². The SMILES string of the molecule is C=CCOC(=O)N1CC(CC(C)C)NCC1C(C)C. The van der Waals surface area contributed by atoms with E-state index in [-0.39, 0.29) is 18.7 Å². The van der Waals surface area contributed by atoms with E-state index in [9.17, 15) is 4.79 Å². The Kier molecular flexibility index (Phi) is 6.35. The minimum Gasteiger partial charge on any atom is -0.445 e. The van der Waals surface area contributed by atoms with Gasteiger partial charge in [0.2, 0.25) is 0 Å². The fraction of sp³-hybridized carbons (Fsp3) is 0.800. The van der Waals surface area contributed by atoms with Gasteiger partial charge in [0, 0.05) is 25.2 Å². The summed E-state index contributed by atoms with van der Waals surface area (Å²) in [4.78, 5) is 14.0. The van der Waals surface area contributed by atoms with E-state index in [0.717, 1.165) is 19.5 Å². The first-order valence-corrected chi connectivity index (χ1v) is 7.23. The molecule has 0 aromatic carbocycles. The summed E-state index contributed by atoms with van der Waals surface area (Å²) in [5.74, 6) is 1.04. The fourth-order valence-corrected chi connectivity index (χ4v) is 2.58. The summed E-state index contributed by atoms with van der Waals surface area (Å²) in [6, 6.07) is 0.576. The Morgan fingerprint density at radius 1 is 1.47 bits per heavy atom. The number of nitrogens with zero attached hydrogens (tertiary/aromatic N) is 1. The molecule has 0 bridgehead atoms. The first kappa shape index (κ1) is 16.0. The van der Waals surface area contributed by atoms with Crippen molar-refractivity contribution in [1.82, 2.24) is 10.2 Å². The first-order valence-electron chi connectivity index (χ1n) is 7.23. The van der Waals surface area contributed by atoms with Gasteiger partial charge in [0.25, 0.3) is 0 Å². The molecule has 0 radical (unpaired) electrons. The van der Waals surface area contributed by atoms with Gasteiger partial charge in [0.05, 0.1) is 0 Å². The third-order valence-corrected chi connectivity index (χ3v) is 3.52. The number of carbonyl (C=O) groups is 1. The van der Waals surface area contributed by atoms with Crippen molar-refractivity contribution in [3.8, 4) is 0 Å². The number of piperazine rings is 1. The molecule has 4 nitrogen and oxygen atoms in total. The van der Waals surface area contributed by atoms with E-state index in [2.05, 4.69) is 39.6 Å². The lowest BCUT2D eigenvalue weighted by Gasteiger charge is -2.42. The number of amides is 1. The Morgan fingerprint density at radius 3 is 2.68 bits per heavy atom. The molecule has 0 aliphatic carbocycles. The number of hydrogen-bond acceptors (Lipinski definition) is 3. The molecule has 110 valence electrons. The van der Waals surface area contributed by atoms with Gasteiger partial charge in [-0.2, -0.15) is 0 Å². The predicted octanol–water partition coefficient (Wildman–Crippen LogP) is 2.65. The van der Waals surface area contributed by atoms with Gasteiger partial charge in [-0.15, -0.1) is 0 Å². The average Bonchev–Trinajstić information content (AvgIpc) is 2.34. The van der Waals surface area contributed by atoms with Crippen molar-refractivity contribution in [2.24, 2.45) is 11.8 Å². The van der Waals surface area contributed by atoms with Crippen LogP contribution in [0.1, 0.15) is 34.1 Å². The molecule has 2 unspecified atom stereocenters. The quantitative estimate of drug-likeness (QED) is 0.779. The van der Waals surface area contributed by atoms with Crippen molar-refractivity contribution >= 4 is 6.09 Å². The van der Waals surface area contributed by atoms with E-state index in [1.165, 1.54) is 0 Å². The minimum atomic E-state index is -0.214. The maximum absolute atomic E-state index is 12.1. The van der Waals surface area contributed by atoms with Crippen LogP contribution in [-0.2, 0) is 4.74 Å². The molecule has 2 atom stereocenters. The number of nitrogens with one attached hydrogen (secondary N) is 1. The Balaban J connectivity index is 2.67. The van der Waals surface area contributed by atoms with Crippen LogP contribution >= 0.6 is 0 Å². The van der Waals surface area contributed by atoms with Crippen molar-refractivity contribution in [3.63, 3.8) is 0 Å². The van der Waals surface area contributed by atoms with E-state index in [1.54, 1.807) is 6.08 Å². The molecule has 1 saturated heterocycles. The fourth-order valence-electron chi connectivity index (χ4n) is 2.58. The van der Waals surface area contributed by atoms with Crippen LogP contribution in [0.25, 0.3) is 0 Å². The van der Waals surface area contributed by atoms with Crippen LogP contribution in [-0.4, -0.2) is 42.8 Å². The van der Waals surface area contributed by atoms with Gasteiger partial charge < -0.3 is 15.0 Å². The molecule has 0 saturated carbocycles. The zero-order valence-corrected chi connectivity index (χ0v) is 12.7. The number of carbonyl (C=O) groups excluding carboxylic acids is 1. The van der Waals surface area contributed by atoms with Crippen LogP contribution in [0.2, 0.25) is 0 Å². The third-order valence-electron chi connectivity index (χ3n) is 3.52. The Hall–Kier alpha value is -1.03. The highest BCUT2D eigenvalue weighted by atomic mass is 16.6. The second-order valence-corrected chi connectivity index (χ2v) is 6.06. The minimum absolute atomic E-state index is 0.209. The lowest BCUT2D eigenvalue weighted by Crippen LogP contribution is -2.60. The molecule has 1 N–H and O–H groups in total. The van der Waals surface area contributed by atoms with Crippen molar-refractivity contribution in [2.45, 2.75) is 46.2 Å². The van der Waals surface area contributed by atoms with E-state index in [1.807, 2.05) is 4.90 Å². The van der Waals surface area contributed by atoms with Gasteiger partial charge in [-0.05, 0) is 18.3 Å². The third kappa shape index (κ3) is 4.86. The Morgan fingerprint density at radius 2 is 2.16 bits per heavy atom. The van der Waals surface area contributed by atoms with Crippen molar-refractivity contribution in [2.75, 3.05) is 19.7 Å². The maximum atomic E-state index is 12.1. The molecule has 1 aliphatic rings. The lowest BCUT2D eigenvalue weighted by atomic mass is 9.95. The molecule has 0 spiro atoms. The zero-order valence-electron chi connectivity index (χ0n) is 12.7. The van der Waals surface area contributed by atoms with Crippen LogP contribution in [0.5, 0.6) is 0 Å². The molecule has 19 heavy (non-hydrogen) atoms. The molecular weight excluding hydrogens is 240 g/mol. The van der Waals surface area contributed by atoms with E-state index in [4.69, 9.17) is 4.74 Å². The molecule has 4 heteroatoms. The smallest absolute Gasteiger partial charge is 0.410 e. The van der Waals surface area contributed by atoms with Crippen molar-refractivity contribution in [3.05, 3.63) is 12.7 Å². The molecule has 1 rings (SSSR count). The van der Waals surface area contributed by atoms with E-state index in [0.29, 0.717) is 17.9 Å². The van der Waals surface area contributed by atoms with Gasteiger partial charge in [-0.25, -0.2) is 4.79 Å². The number of rotatable bonds is 5. The Labute approximate surface area is 117 Å². The number of ether oxygens (including phenoxy) is 1. The topological polar surface area (TPSA) is 41.6 Å². The normalized spacial score (nSPS) is 23.8. The van der Waals surface area contributed by atoms with Gasteiger partial charge >= 0.3 is 6.09 Å². The van der Waals surface area contributed by atoms with Crippen LogP contribution in [0.15, 0.2) is 12.7 Å². The van der Waals surface area contributed by atoms with Gasteiger partial charge in [0.15, 0.2) is 0 Å². The summed E-state index contributed by atoms with van der Waals surface area (Å²) in [6.45, 7) is 14.1. The highest BCUT2D eigenvalue weighted by Gasteiger charge is 2.33. The van der Waals surface area contributed by atoms with Gasteiger partial charge in [0.1, 0.15) is 6.61 Å². The molecule has 1 amide bonds. The molecule has 1 fully saturated rings. The van der Waals surface area contributed by atoms with Gasteiger partial charge in [-0.1, -0.05) is 40.3 Å². The monoisotopic (exact) mass is 268 g/mol. The molecular formula is C15H28N2O2.